The highest BCUT2D eigenvalue weighted by atomic mass is 35.5. The monoisotopic (exact) mass is 260 g/mol. The molecule has 0 aliphatic heterocycles. The summed E-state index contributed by atoms with van der Waals surface area (Å²) in [4.78, 5) is 4.46. The standard InChI is InChI=1S/C15H17ClN2/c1-3-17-15(12-4-6-13(16)7-5-12)14-10-11(2)8-9-18-14/h4-10,15,17H,3H2,1-2H3. The lowest BCUT2D eigenvalue weighted by Gasteiger charge is -2.18. The van der Waals surface area contributed by atoms with Crippen molar-refractivity contribution in [2.45, 2.75) is 19.9 Å². The Morgan fingerprint density at radius 1 is 1.22 bits per heavy atom. The maximum Gasteiger partial charge on any atom is 0.0751 e. The number of aromatic nitrogens is 1. The Balaban J connectivity index is 2.36. The number of aryl methyl sites for hydroxylation is 1. The Hall–Kier alpha value is -1.38. The molecule has 1 aromatic heterocycles. The van der Waals surface area contributed by atoms with Gasteiger partial charge in [0.25, 0.3) is 0 Å². The molecule has 1 heterocycles. The Labute approximate surface area is 113 Å². The number of halogens is 1. The average Bonchev–Trinajstić information content (AvgIpc) is 2.37. The molecular formula is C15H17ClN2. The normalized spacial score (nSPS) is 12.4. The molecule has 3 heteroatoms. The molecule has 1 aromatic carbocycles. The van der Waals surface area contributed by atoms with Crippen molar-refractivity contribution in [2.75, 3.05) is 6.54 Å². The summed E-state index contributed by atoms with van der Waals surface area (Å²) in [5.41, 5.74) is 3.44. The average molecular weight is 261 g/mol. The maximum absolute atomic E-state index is 5.93. The summed E-state index contributed by atoms with van der Waals surface area (Å²) in [6.45, 7) is 5.07. The molecule has 0 amide bonds. The lowest BCUT2D eigenvalue weighted by Crippen LogP contribution is -2.22. The van der Waals surface area contributed by atoms with Crippen LogP contribution in [-0.4, -0.2) is 11.5 Å². The highest BCUT2D eigenvalue weighted by Crippen LogP contribution is 2.22. The minimum atomic E-state index is 0.118. The molecular weight excluding hydrogens is 244 g/mol. The van der Waals surface area contributed by atoms with Gasteiger partial charge in [-0.1, -0.05) is 30.7 Å². The van der Waals surface area contributed by atoms with Crippen molar-refractivity contribution in [3.05, 3.63) is 64.4 Å². The zero-order valence-corrected chi connectivity index (χ0v) is 11.4. The predicted octanol–water partition coefficient (Wildman–Crippen LogP) is 3.74. The van der Waals surface area contributed by atoms with Crippen LogP contribution in [0.1, 0.15) is 29.8 Å². The molecule has 1 N–H and O–H groups in total. The summed E-state index contributed by atoms with van der Waals surface area (Å²) in [6, 6.07) is 12.1. The topological polar surface area (TPSA) is 24.9 Å². The van der Waals surface area contributed by atoms with Gasteiger partial charge in [0.05, 0.1) is 11.7 Å². The van der Waals surface area contributed by atoms with Gasteiger partial charge in [0.1, 0.15) is 0 Å². The first-order valence-electron chi connectivity index (χ1n) is 6.12. The second kappa shape index (κ2) is 5.98. The molecule has 1 atom stereocenters. The second-order valence-corrected chi connectivity index (χ2v) is 4.74. The minimum Gasteiger partial charge on any atom is -0.305 e. The van der Waals surface area contributed by atoms with E-state index in [1.807, 2.05) is 36.5 Å². The van der Waals surface area contributed by atoms with Crippen LogP contribution in [0.25, 0.3) is 0 Å². The van der Waals surface area contributed by atoms with Crippen LogP contribution < -0.4 is 5.32 Å². The molecule has 0 aliphatic carbocycles. The maximum atomic E-state index is 5.93. The summed E-state index contributed by atoms with van der Waals surface area (Å²) in [6.07, 6.45) is 1.85. The molecule has 0 bridgehead atoms. The van der Waals surface area contributed by atoms with Crippen molar-refractivity contribution in [3.63, 3.8) is 0 Å². The SMILES string of the molecule is CCNC(c1ccc(Cl)cc1)c1cc(C)ccn1. The van der Waals surface area contributed by atoms with Crippen molar-refractivity contribution in [2.24, 2.45) is 0 Å². The summed E-state index contributed by atoms with van der Waals surface area (Å²) in [7, 11) is 0. The third-order valence-corrected chi connectivity index (χ3v) is 3.10. The summed E-state index contributed by atoms with van der Waals surface area (Å²) in [5, 5.41) is 4.21. The number of hydrogen-bond donors (Lipinski definition) is 1. The van der Waals surface area contributed by atoms with Crippen molar-refractivity contribution >= 4 is 11.6 Å². The number of nitrogens with one attached hydrogen (secondary N) is 1. The highest BCUT2D eigenvalue weighted by Gasteiger charge is 2.14. The number of pyridine rings is 1. The molecule has 0 saturated heterocycles. The first kappa shape index (κ1) is 13.1. The molecule has 0 fully saturated rings. The van der Waals surface area contributed by atoms with Crippen molar-refractivity contribution in [1.29, 1.82) is 0 Å². The molecule has 2 nitrogen and oxygen atoms in total. The van der Waals surface area contributed by atoms with Gasteiger partial charge in [0.2, 0.25) is 0 Å². The van der Waals surface area contributed by atoms with Crippen LogP contribution in [0.5, 0.6) is 0 Å². The number of rotatable bonds is 4. The fourth-order valence-electron chi connectivity index (χ4n) is 1.97. The largest absolute Gasteiger partial charge is 0.305 e. The van der Waals surface area contributed by atoms with E-state index in [1.165, 1.54) is 11.1 Å². The molecule has 0 saturated carbocycles. The first-order valence-corrected chi connectivity index (χ1v) is 6.50. The van der Waals surface area contributed by atoms with Crippen LogP contribution in [0.15, 0.2) is 42.6 Å². The smallest absolute Gasteiger partial charge is 0.0751 e. The summed E-state index contributed by atoms with van der Waals surface area (Å²) >= 11 is 5.93. The Kier molecular flexibility index (Phi) is 4.34. The fraction of sp³-hybridized carbons (Fsp3) is 0.267. The number of benzene rings is 1. The van der Waals surface area contributed by atoms with E-state index in [4.69, 9.17) is 11.6 Å². The van der Waals surface area contributed by atoms with Crippen LogP contribution >= 0.6 is 11.6 Å². The zero-order chi connectivity index (χ0) is 13.0. The van der Waals surface area contributed by atoms with Gasteiger partial charge in [-0.25, -0.2) is 0 Å². The van der Waals surface area contributed by atoms with E-state index in [0.29, 0.717) is 0 Å². The highest BCUT2D eigenvalue weighted by molar-refractivity contribution is 6.30. The van der Waals surface area contributed by atoms with E-state index in [2.05, 4.69) is 30.2 Å². The molecule has 0 aliphatic rings. The Bertz CT molecular complexity index is 508. The van der Waals surface area contributed by atoms with E-state index in [0.717, 1.165) is 17.3 Å². The summed E-state index contributed by atoms with van der Waals surface area (Å²) < 4.78 is 0. The van der Waals surface area contributed by atoms with E-state index in [9.17, 15) is 0 Å². The molecule has 2 rings (SSSR count). The molecule has 0 spiro atoms. The zero-order valence-electron chi connectivity index (χ0n) is 10.7. The van der Waals surface area contributed by atoms with Gasteiger partial charge >= 0.3 is 0 Å². The molecule has 94 valence electrons. The van der Waals surface area contributed by atoms with Crippen molar-refractivity contribution in [3.8, 4) is 0 Å². The van der Waals surface area contributed by atoms with Gasteiger partial charge in [-0.2, -0.15) is 0 Å². The predicted molar refractivity (Wildman–Crippen MR) is 75.9 cm³/mol. The third-order valence-electron chi connectivity index (χ3n) is 2.84. The van der Waals surface area contributed by atoms with Crippen LogP contribution in [0.2, 0.25) is 5.02 Å². The van der Waals surface area contributed by atoms with Gasteiger partial charge in [-0.05, 0) is 48.9 Å². The molecule has 2 aromatic rings. The Morgan fingerprint density at radius 2 is 1.94 bits per heavy atom. The van der Waals surface area contributed by atoms with Gasteiger partial charge in [0, 0.05) is 11.2 Å². The first-order chi connectivity index (χ1) is 8.70. The van der Waals surface area contributed by atoms with E-state index in [1.54, 1.807) is 0 Å². The minimum absolute atomic E-state index is 0.118. The van der Waals surface area contributed by atoms with Gasteiger partial charge in [0.15, 0.2) is 0 Å². The van der Waals surface area contributed by atoms with Crippen LogP contribution in [0.3, 0.4) is 0 Å². The van der Waals surface area contributed by atoms with Crippen molar-refractivity contribution in [1.82, 2.24) is 10.3 Å². The van der Waals surface area contributed by atoms with Gasteiger partial charge < -0.3 is 5.32 Å². The third kappa shape index (κ3) is 3.09. The Morgan fingerprint density at radius 3 is 2.56 bits per heavy atom. The number of nitrogens with zero attached hydrogens (tertiary/aromatic N) is 1. The van der Waals surface area contributed by atoms with Crippen LogP contribution in [0, 0.1) is 6.92 Å². The van der Waals surface area contributed by atoms with Gasteiger partial charge in [-0.3, -0.25) is 4.98 Å². The number of hydrogen-bond acceptors (Lipinski definition) is 2. The molecule has 18 heavy (non-hydrogen) atoms. The van der Waals surface area contributed by atoms with Crippen LogP contribution in [-0.2, 0) is 0 Å². The second-order valence-electron chi connectivity index (χ2n) is 4.30. The lowest BCUT2D eigenvalue weighted by atomic mass is 10.0. The lowest BCUT2D eigenvalue weighted by molar-refractivity contribution is 0.615. The van der Waals surface area contributed by atoms with Gasteiger partial charge in [-0.15, -0.1) is 0 Å². The van der Waals surface area contributed by atoms with E-state index >= 15 is 0 Å². The van der Waals surface area contributed by atoms with E-state index in [-0.39, 0.29) is 6.04 Å². The fourth-order valence-corrected chi connectivity index (χ4v) is 2.10. The van der Waals surface area contributed by atoms with Crippen LogP contribution in [0.4, 0.5) is 0 Å². The molecule has 1 unspecified atom stereocenters. The van der Waals surface area contributed by atoms with E-state index < -0.39 is 0 Å². The molecule has 0 radical (unpaired) electrons. The van der Waals surface area contributed by atoms with Crippen molar-refractivity contribution < 1.29 is 0 Å². The quantitative estimate of drug-likeness (QED) is 0.906. The summed E-state index contributed by atoms with van der Waals surface area (Å²) in [5.74, 6) is 0.